The number of rotatable bonds is 8. The molecular weight excluding hydrogens is 454 g/mol. The van der Waals surface area contributed by atoms with Crippen molar-refractivity contribution in [3.63, 3.8) is 0 Å². The fraction of sp³-hybridized carbons (Fsp3) is 0.600. The summed E-state index contributed by atoms with van der Waals surface area (Å²) in [6.45, 7) is 2.72. The fourth-order valence-electron chi connectivity index (χ4n) is 8.17. The fourth-order valence-corrected chi connectivity index (χ4v) is 8.17. The topological polar surface area (TPSA) is 49.4 Å². The summed E-state index contributed by atoms with van der Waals surface area (Å²) in [4.78, 5) is 2.73. The maximum absolute atomic E-state index is 6.98. The Hall–Kier alpha value is -2.12. The van der Waals surface area contributed by atoms with Crippen LogP contribution in [0.2, 0.25) is 0 Å². The minimum atomic E-state index is -0.824. The average Bonchev–Trinajstić information content (AvgIpc) is 3.67. The van der Waals surface area contributed by atoms with E-state index < -0.39 is 5.79 Å². The van der Waals surface area contributed by atoms with E-state index in [4.69, 9.17) is 23.7 Å². The zero-order valence-electron chi connectivity index (χ0n) is 21.6. The van der Waals surface area contributed by atoms with Gasteiger partial charge in [-0.2, -0.15) is 0 Å². The van der Waals surface area contributed by atoms with Gasteiger partial charge in [0.25, 0.3) is 0 Å². The number of hydrogen-bond acceptors (Lipinski definition) is 6. The second-order valence-electron chi connectivity index (χ2n) is 11.4. The molecule has 36 heavy (non-hydrogen) atoms. The Morgan fingerprint density at radius 2 is 1.75 bits per heavy atom. The molecule has 7 rings (SSSR count). The second kappa shape index (κ2) is 8.19. The van der Waals surface area contributed by atoms with Crippen molar-refractivity contribution >= 4 is 0 Å². The van der Waals surface area contributed by atoms with Gasteiger partial charge in [0.15, 0.2) is 17.6 Å². The molecule has 1 spiro atoms. The molecule has 3 aliphatic carbocycles. The third kappa shape index (κ3) is 2.93. The van der Waals surface area contributed by atoms with Crippen molar-refractivity contribution in [2.75, 3.05) is 34.4 Å². The van der Waals surface area contributed by atoms with Gasteiger partial charge in [-0.3, -0.25) is 4.90 Å². The first kappa shape index (κ1) is 23.0. The number of hydrogen-bond donors (Lipinski definition) is 0. The van der Waals surface area contributed by atoms with E-state index in [2.05, 4.69) is 29.2 Å². The van der Waals surface area contributed by atoms with Crippen LogP contribution in [0.25, 0.3) is 0 Å². The van der Waals surface area contributed by atoms with E-state index in [0.717, 1.165) is 55.2 Å². The average molecular weight is 492 g/mol. The van der Waals surface area contributed by atoms with Crippen LogP contribution in [0.1, 0.15) is 48.8 Å². The van der Waals surface area contributed by atoms with Gasteiger partial charge in [0, 0.05) is 45.9 Å². The SMILES string of the molecule is COC1(OC)CC[C@@]2(OC)[C@H]3Cc4ccc(OCc5ccccc5)c5c4[C@@]2(CCN3CC2CC2)[C@H]1O5. The summed E-state index contributed by atoms with van der Waals surface area (Å²) in [6.07, 6.45) is 5.98. The Bertz CT molecular complexity index is 1150. The van der Waals surface area contributed by atoms with Crippen LogP contribution < -0.4 is 9.47 Å². The van der Waals surface area contributed by atoms with Gasteiger partial charge in [0.1, 0.15) is 6.61 Å². The van der Waals surface area contributed by atoms with E-state index in [1.165, 1.54) is 30.5 Å². The highest BCUT2D eigenvalue weighted by atomic mass is 16.7. The lowest BCUT2D eigenvalue weighted by Crippen LogP contribution is -2.80. The molecule has 5 aliphatic rings. The summed E-state index contributed by atoms with van der Waals surface area (Å²) in [5.74, 6) is 1.68. The van der Waals surface area contributed by atoms with E-state index in [9.17, 15) is 0 Å². The zero-order chi connectivity index (χ0) is 24.5. The molecule has 0 amide bonds. The van der Waals surface area contributed by atoms with Gasteiger partial charge in [-0.05, 0) is 61.8 Å². The Morgan fingerprint density at radius 1 is 0.944 bits per heavy atom. The summed E-state index contributed by atoms with van der Waals surface area (Å²) in [6, 6.07) is 15.0. The van der Waals surface area contributed by atoms with Crippen molar-refractivity contribution in [3.8, 4) is 11.5 Å². The number of methoxy groups -OCH3 is 3. The highest BCUT2D eigenvalue weighted by molar-refractivity contribution is 5.63. The summed E-state index contributed by atoms with van der Waals surface area (Å²) < 4.78 is 32.5. The number of piperidine rings is 1. The minimum Gasteiger partial charge on any atom is -0.485 e. The van der Waals surface area contributed by atoms with Gasteiger partial charge in [0.2, 0.25) is 5.79 Å². The highest BCUT2D eigenvalue weighted by Gasteiger charge is 2.77. The predicted octanol–water partition coefficient (Wildman–Crippen LogP) is 4.47. The molecule has 3 fully saturated rings. The molecule has 2 aromatic rings. The van der Waals surface area contributed by atoms with Gasteiger partial charge >= 0.3 is 0 Å². The standard InChI is InChI=1S/C30H37NO5/c1-32-29-13-14-30(33-2,34-3)27-28(29)15-16-31(18-20-9-10-20)24(29)17-22-11-12-23(26(36-27)25(22)28)35-19-21-7-5-4-6-8-21/h4-8,11-12,20,24,27H,9-10,13-19H2,1-3H3/t24-,27-,28+,29-/m1/s1. The van der Waals surface area contributed by atoms with Crippen LogP contribution in [0.4, 0.5) is 0 Å². The molecule has 2 aromatic carbocycles. The largest absolute Gasteiger partial charge is 0.485 e. The van der Waals surface area contributed by atoms with Crippen molar-refractivity contribution in [3.05, 3.63) is 59.2 Å². The third-order valence-electron chi connectivity index (χ3n) is 10.0. The molecule has 2 heterocycles. The molecule has 0 radical (unpaired) electrons. The number of ether oxygens (including phenoxy) is 5. The molecule has 6 heteroatoms. The highest BCUT2D eigenvalue weighted by Crippen LogP contribution is 2.68. The van der Waals surface area contributed by atoms with Crippen LogP contribution in [0.3, 0.4) is 0 Å². The summed E-state index contributed by atoms with van der Waals surface area (Å²) >= 11 is 0. The lowest BCUT2D eigenvalue weighted by atomic mass is 9.48. The van der Waals surface area contributed by atoms with Crippen molar-refractivity contribution in [1.82, 2.24) is 4.90 Å². The molecule has 6 nitrogen and oxygen atoms in total. The molecule has 0 unspecified atom stereocenters. The molecule has 4 atom stereocenters. The minimum absolute atomic E-state index is 0.296. The Morgan fingerprint density at radius 3 is 2.47 bits per heavy atom. The Kier molecular flexibility index (Phi) is 5.24. The maximum Gasteiger partial charge on any atom is 0.206 e. The summed E-state index contributed by atoms with van der Waals surface area (Å²) in [5.41, 5.74) is 3.09. The monoisotopic (exact) mass is 491 g/mol. The lowest BCUT2D eigenvalue weighted by molar-refractivity contribution is -0.323. The van der Waals surface area contributed by atoms with E-state index in [1.807, 2.05) is 25.3 Å². The summed E-state index contributed by atoms with van der Waals surface area (Å²) in [7, 11) is 5.42. The lowest BCUT2D eigenvalue weighted by Gasteiger charge is -2.66. The van der Waals surface area contributed by atoms with Crippen LogP contribution in [0, 0.1) is 5.92 Å². The predicted molar refractivity (Wildman–Crippen MR) is 135 cm³/mol. The first-order valence-electron chi connectivity index (χ1n) is 13.5. The van der Waals surface area contributed by atoms with Crippen molar-refractivity contribution in [2.24, 2.45) is 5.92 Å². The van der Waals surface area contributed by atoms with E-state index in [1.54, 1.807) is 14.2 Å². The Labute approximate surface area is 213 Å². The van der Waals surface area contributed by atoms with Gasteiger partial charge in [-0.25, -0.2) is 0 Å². The summed E-state index contributed by atoms with van der Waals surface area (Å²) in [5, 5.41) is 0. The van der Waals surface area contributed by atoms with Crippen LogP contribution in [-0.2, 0) is 32.7 Å². The first-order valence-corrected chi connectivity index (χ1v) is 13.5. The Balaban J connectivity index is 1.37. The molecule has 192 valence electrons. The number of nitrogens with zero attached hydrogens (tertiary/aromatic N) is 1. The normalized spacial score (nSPS) is 33.6. The molecule has 0 N–H and O–H groups in total. The van der Waals surface area contributed by atoms with E-state index >= 15 is 0 Å². The second-order valence-corrected chi connectivity index (χ2v) is 11.4. The van der Waals surface area contributed by atoms with Gasteiger partial charge < -0.3 is 23.7 Å². The maximum atomic E-state index is 6.98. The molecule has 2 bridgehead atoms. The smallest absolute Gasteiger partial charge is 0.206 e. The van der Waals surface area contributed by atoms with Crippen molar-refractivity contribution in [1.29, 1.82) is 0 Å². The molecule has 2 saturated carbocycles. The zero-order valence-corrected chi connectivity index (χ0v) is 21.6. The van der Waals surface area contributed by atoms with Gasteiger partial charge in [0.05, 0.1) is 11.0 Å². The third-order valence-corrected chi connectivity index (χ3v) is 10.0. The number of likely N-dealkylation sites (tertiary alicyclic amines) is 1. The van der Waals surface area contributed by atoms with Crippen molar-refractivity contribution < 1.29 is 23.7 Å². The van der Waals surface area contributed by atoms with Gasteiger partial charge in [-0.1, -0.05) is 36.4 Å². The molecular formula is C30H37NO5. The van der Waals surface area contributed by atoms with Crippen LogP contribution in [0.15, 0.2) is 42.5 Å². The number of benzene rings is 2. The molecule has 2 aliphatic heterocycles. The van der Waals surface area contributed by atoms with Crippen LogP contribution in [0.5, 0.6) is 11.5 Å². The van der Waals surface area contributed by atoms with Crippen molar-refractivity contribution in [2.45, 2.75) is 74.1 Å². The van der Waals surface area contributed by atoms with Gasteiger partial charge in [-0.15, -0.1) is 0 Å². The van der Waals surface area contributed by atoms with E-state index in [-0.39, 0.29) is 17.1 Å². The van der Waals surface area contributed by atoms with Crippen LogP contribution >= 0.6 is 0 Å². The molecule has 1 saturated heterocycles. The quantitative estimate of drug-likeness (QED) is 0.508. The first-order chi connectivity index (χ1) is 17.6. The van der Waals surface area contributed by atoms with E-state index in [0.29, 0.717) is 12.6 Å². The van der Waals surface area contributed by atoms with Crippen LogP contribution in [-0.4, -0.2) is 62.9 Å². The molecule has 0 aromatic heterocycles.